The zero-order valence-electron chi connectivity index (χ0n) is 33.1. The summed E-state index contributed by atoms with van der Waals surface area (Å²) in [5, 5.41) is 0. The molecule has 18 nitrogen and oxygen atoms in total. The number of H-pyrrole nitrogens is 2. The highest BCUT2D eigenvalue weighted by Gasteiger charge is 2.18. The Balaban J connectivity index is 0.000000177. The number of ether oxygens (including phenoxy) is 4. The smallest absolute Gasteiger partial charge is 0.328 e. The van der Waals surface area contributed by atoms with Gasteiger partial charge in [-0.25, -0.2) is 9.59 Å². The van der Waals surface area contributed by atoms with Crippen LogP contribution in [0.2, 0.25) is 0 Å². The Morgan fingerprint density at radius 2 is 0.948 bits per heavy atom. The molecule has 0 unspecified atom stereocenters. The number of nitrogens with zero attached hydrogens (tertiary/aromatic N) is 8. The molecule has 2 aliphatic rings. The third-order valence-electron chi connectivity index (χ3n) is 10.2. The van der Waals surface area contributed by atoms with E-state index in [9.17, 15) is 9.59 Å². The van der Waals surface area contributed by atoms with Crippen molar-refractivity contribution in [1.29, 1.82) is 0 Å². The van der Waals surface area contributed by atoms with Gasteiger partial charge in [-0.1, -0.05) is 48.5 Å². The van der Waals surface area contributed by atoms with Gasteiger partial charge in [-0.2, -0.15) is 19.9 Å². The van der Waals surface area contributed by atoms with Crippen molar-refractivity contribution in [3.63, 3.8) is 0 Å². The second-order valence-corrected chi connectivity index (χ2v) is 14.5. The van der Waals surface area contributed by atoms with Gasteiger partial charge >= 0.3 is 23.4 Å². The maximum Gasteiger partial charge on any atom is 0.328 e. The summed E-state index contributed by atoms with van der Waals surface area (Å²) in [4.78, 5) is 52.5. The fourth-order valence-electron chi connectivity index (χ4n) is 7.33. The summed E-state index contributed by atoms with van der Waals surface area (Å²) < 4.78 is 24.0. The number of hydrogen-bond acceptors (Lipinski definition) is 14. The van der Waals surface area contributed by atoms with Crippen molar-refractivity contribution in [3.8, 4) is 12.0 Å². The van der Waals surface area contributed by atoms with Crippen LogP contribution >= 0.6 is 0 Å². The molecular formula is C40H52N12O6. The lowest BCUT2D eigenvalue weighted by atomic mass is 10.1. The molecule has 2 saturated heterocycles. The number of methoxy groups -OCH3 is 2. The van der Waals surface area contributed by atoms with Crippen LogP contribution in [0.25, 0.3) is 22.3 Å². The number of likely N-dealkylation sites (tertiary alicyclic amines) is 2. The molecule has 0 radical (unpaired) electrons. The van der Waals surface area contributed by atoms with Crippen LogP contribution in [0, 0.1) is 0 Å². The Labute approximate surface area is 335 Å². The van der Waals surface area contributed by atoms with E-state index < -0.39 is 0 Å². The summed E-state index contributed by atoms with van der Waals surface area (Å²) in [6, 6.07) is 16.9. The zero-order valence-corrected chi connectivity index (χ0v) is 33.1. The number of hydrogen-bond donors (Lipinski definition) is 4. The van der Waals surface area contributed by atoms with Crippen molar-refractivity contribution in [2.24, 2.45) is 0 Å². The van der Waals surface area contributed by atoms with Gasteiger partial charge in [-0.3, -0.25) is 18.9 Å². The van der Waals surface area contributed by atoms with Crippen LogP contribution in [0.1, 0.15) is 47.9 Å². The van der Waals surface area contributed by atoms with Crippen LogP contribution in [-0.2, 0) is 35.7 Å². The number of anilines is 2. The number of imidazole rings is 2. The van der Waals surface area contributed by atoms with Gasteiger partial charge in [0.05, 0.1) is 26.3 Å². The zero-order chi connectivity index (χ0) is 40.4. The van der Waals surface area contributed by atoms with E-state index >= 15 is 0 Å². The lowest BCUT2D eigenvalue weighted by Crippen LogP contribution is -2.19. The van der Waals surface area contributed by atoms with Crippen molar-refractivity contribution in [2.75, 3.05) is 78.3 Å². The summed E-state index contributed by atoms with van der Waals surface area (Å²) in [6.45, 7) is 8.65. The Kier molecular flexibility index (Phi) is 13.3. The first-order chi connectivity index (χ1) is 28.3. The van der Waals surface area contributed by atoms with Gasteiger partial charge in [0.1, 0.15) is 24.2 Å². The van der Waals surface area contributed by atoms with Crippen LogP contribution in [0.15, 0.2) is 58.1 Å². The summed E-state index contributed by atoms with van der Waals surface area (Å²) in [5.41, 5.74) is 17.7. The minimum absolute atomic E-state index is 0.127. The molecule has 18 heteroatoms. The molecule has 0 bridgehead atoms. The number of nitrogens with one attached hydrogen (secondary N) is 2. The molecule has 0 amide bonds. The van der Waals surface area contributed by atoms with E-state index in [0.717, 1.165) is 50.4 Å². The Morgan fingerprint density at radius 1 is 0.569 bits per heavy atom. The second-order valence-electron chi connectivity index (χ2n) is 14.5. The first-order valence-corrected chi connectivity index (χ1v) is 19.6. The number of fused-ring (bicyclic) bond motifs is 2. The van der Waals surface area contributed by atoms with Gasteiger partial charge in [0.15, 0.2) is 22.9 Å². The predicted molar refractivity (Wildman–Crippen MR) is 220 cm³/mol. The van der Waals surface area contributed by atoms with Crippen LogP contribution < -0.4 is 32.3 Å². The van der Waals surface area contributed by atoms with Crippen LogP contribution in [-0.4, -0.2) is 116 Å². The Hall–Kier alpha value is -5.82. The molecule has 2 fully saturated rings. The molecule has 6 heterocycles. The number of aromatic amines is 2. The molecule has 308 valence electrons. The molecule has 0 spiro atoms. The third kappa shape index (κ3) is 10.00. The maximum atomic E-state index is 12.5. The maximum absolute atomic E-state index is 12.5. The number of benzene rings is 2. The largest absolute Gasteiger partial charge is 0.461 e. The van der Waals surface area contributed by atoms with Crippen molar-refractivity contribution < 1.29 is 18.9 Å². The molecule has 0 saturated carbocycles. The highest BCUT2D eigenvalue weighted by atomic mass is 16.5. The molecule has 6 aromatic rings. The Morgan fingerprint density at radius 3 is 1.33 bits per heavy atom. The summed E-state index contributed by atoms with van der Waals surface area (Å²) in [6.07, 6.45) is 5.06. The molecule has 2 aromatic carbocycles. The first-order valence-electron chi connectivity index (χ1n) is 19.6. The molecule has 8 rings (SSSR count). The van der Waals surface area contributed by atoms with E-state index in [1.54, 1.807) is 23.4 Å². The van der Waals surface area contributed by atoms with Gasteiger partial charge in [0.25, 0.3) is 0 Å². The van der Waals surface area contributed by atoms with Crippen LogP contribution in [0.4, 0.5) is 11.6 Å². The molecule has 2 aliphatic heterocycles. The monoisotopic (exact) mass is 796 g/mol. The Bertz CT molecular complexity index is 2240. The third-order valence-corrected chi connectivity index (χ3v) is 10.2. The number of aromatic nitrogens is 8. The standard InChI is InChI=1S/2C20H26N6O3/c2*1-28-9-10-29-19-23-17(21)16-18(24-19)26(20(27)22-16)13-15-6-4-5-14(11-15)12-25-7-2-3-8-25/h2*4-6,11H,2-3,7-10,12-13H2,1H3,(H,22,27)(H2,21,23,24). The van der Waals surface area contributed by atoms with Gasteiger partial charge in [0.2, 0.25) is 0 Å². The van der Waals surface area contributed by atoms with E-state index in [2.05, 4.69) is 64.0 Å². The molecule has 6 N–H and O–H groups in total. The summed E-state index contributed by atoms with van der Waals surface area (Å²) >= 11 is 0. The fourth-order valence-corrected chi connectivity index (χ4v) is 7.33. The van der Waals surface area contributed by atoms with Crippen molar-refractivity contribution >= 4 is 34.0 Å². The van der Waals surface area contributed by atoms with E-state index in [1.807, 2.05) is 24.3 Å². The highest BCUT2D eigenvalue weighted by molar-refractivity contribution is 5.82. The number of nitrogen functional groups attached to an aromatic ring is 2. The van der Waals surface area contributed by atoms with Crippen molar-refractivity contribution in [2.45, 2.75) is 51.9 Å². The summed E-state index contributed by atoms with van der Waals surface area (Å²) in [7, 11) is 3.17. The fraction of sp³-hybridized carbons (Fsp3) is 0.450. The lowest BCUT2D eigenvalue weighted by Gasteiger charge is -2.15. The van der Waals surface area contributed by atoms with Gasteiger partial charge < -0.3 is 40.4 Å². The van der Waals surface area contributed by atoms with Crippen LogP contribution in [0.3, 0.4) is 0 Å². The average Bonchev–Trinajstić information content (AvgIpc) is 4.03. The number of rotatable bonds is 16. The first kappa shape index (κ1) is 40.4. The molecule has 0 atom stereocenters. The van der Waals surface area contributed by atoms with Crippen LogP contribution in [0.5, 0.6) is 12.0 Å². The van der Waals surface area contributed by atoms with Gasteiger partial charge in [-0.15, -0.1) is 0 Å². The van der Waals surface area contributed by atoms with Gasteiger partial charge in [-0.05, 0) is 74.1 Å². The topological polar surface area (TPSA) is 223 Å². The molecule has 4 aromatic heterocycles. The molecule has 58 heavy (non-hydrogen) atoms. The highest BCUT2D eigenvalue weighted by Crippen LogP contribution is 2.21. The van der Waals surface area contributed by atoms with Crippen molar-refractivity contribution in [1.82, 2.24) is 48.8 Å². The van der Waals surface area contributed by atoms with Crippen molar-refractivity contribution in [3.05, 3.63) is 91.8 Å². The van der Waals surface area contributed by atoms with E-state index in [-0.39, 0.29) is 35.0 Å². The minimum atomic E-state index is -0.278. The quantitative estimate of drug-likeness (QED) is 0.104. The molecule has 0 aliphatic carbocycles. The lowest BCUT2D eigenvalue weighted by molar-refractivity contribution is 0.141. The van der Waals surface area contributed by atoms with Gasteiger partial charge in [0, 0.05) is 27.3 Å². The average molecular weight is 797 g/mol. The normalized spacial score (nSPS) is 14.7. The summed E-state index contributed by atoms with van der Waals surface area (Å²) in [5.74, 6) is 0.363. The second kappa shape index (κ2) is 19.1. The predicted octanol–water partition coefficient (Wildman–Crippen LogP) is 2.74. The SMILES string of the molecule is COCCOc1nc(N)c2[nH]c(=O)n(Cc3cccc(CN4CCCC4)c3)c2n1.COCCOc1nc(N)c2[nH]c(=O)n(Cc3cccc(CN4CCCC4)c3)c2n1. The molecular weight excluding hydrogens is 745 g/mol. The minimum Gasteiger partial charge on any atom is -0.461 e. The van der Waals surface area contributed by atoms with E-state index in [1.165, 1.54) is 36.8 Å². The van der Waals surface area contributed by atoms with E-state index in [4.69, 9.17) is 30.4 Å². The van der Waals surface area contributed by atoms with E-state index in [0.29, 0.717) is 61.8 Å². The number of nitrogens with two attached hydrogens (primary N) is 2.